The van der Waals surface area contributed by atoms with Crippen LogP contribution in [0, 0.1) is 0 Å². The average Bonchev–Trinajstić information content (AvgIpc) is 3.35. The number of rotatable bonds is 51. The molecule has 1 unspecified atom stereocenters. The summed E-state index contributed by atoms with van der Waals surface area (Å²) in [5.74, 6) is -0.927. The first-order chi connectivity index (χ1) is 34.0. The zero-order chi connectivity index (χ0) is 50.0. The van der Waals surface area contributed by atoms with Crippen LogP contribution in [0.4, 0.5) is 0 Å². The zero-order valence-electron chi connectivity index (χ0n) is 45.0. The van der Waals surface area contributed by atoms with Crippen LogP contribution in [0.2, 0.25) is 0 Å². The first kappa shape index (κ1) is 65.3. The summed E-state index contributed by atoms with van der Waals surface area (Å²) in [6.07, 6.45) is 75.4. The van der Waals surface area contributed by atoms with Crippen molar-refractivity contribution in [3.63, 3.8) is 0 Å². The summed E-state index contributed by atoms with van der Waals surface area (Å²) in [5, 5.41) is 0. The van der Waals surface area contributed by atoms with E-state index in [0.29, 0.717) is 19.3 Å². The second kappa shape index (κ2) is 56.9. The number of esters is 3. The standard InChI is InChI=1S/C63H106O6/c1-4-7-10-13-16-19-22-24-26-28-30-31-33-34-36-38-41-44-47-50-53-56-62(65)68-59-60(58-67-61(64)55-52-49-46-43-40-21-18-15-12-9-6-3)69-63(66)57-54-51-48-45-42-39-37-35-32-29-27-25-23-20-17-14-11-8-5-2/h8,11,15,17-18,20,22,24-25,27-28,30,32-35,60H,4-7,9-10,12-14,16,19,21,23,26,29,31,36-59H2,1-3H3/b11-8-,18-15-,20-17-,24-22-,27-25-,30-28-,34-33-,35-32-. The molecule has 0 N–H and O–H groups in total. The molecule has 0 aromatic carbocycles. The number of allylic oxidation sites excluding steroid dienone is 16. The van der Waals surface area contributed by atoms with Crippen molar-refractivity contribution in [2.45, 2.75) is 271 Å². The van der Waals surface area contributed by atoms with Crippen molar-refractivity contribution >= 4 is 17.9 Å². The second-order valence-electron chi connectivity index (χ2n) is 18.8. The van der Waals surface area contributed by atoms with Gasteiger partial charge in [0.2, 0.25) is 0 Å². The Labute approximate surface area is 426 Å². The minimum absolute atomic E-state index is 0.0929. The van der Waals surface area contributed by atoms with Crippen LogP contribution in [0.5, 0.6) is 0 Å². The number of hydrogen-bond acceptors (Lipinski definition) is 6. The summed E-state index contributed by atoms with van der Waals surface area (Å²) >= 11 is 0. The van der Waals surface area contributed by atoms with Crippen LogP contribution in [0.3, 0.4) is 0 Å². The topological polar surface area (TPSA) is 78.9 Å². The highest BCUT2D eigenvalue weighted by Crippen LogP contribution is 2.14. The molecule has 6 heteroatoms. The van der Waals surface area contributed by atoms with Gasteiger partial charge in [0.05, 0.1) is 0 Å². The molecule has 0 radical (unpaired) electrons. The van der Waals surface area contributed by atoms with E-state index >= 15 is 0 Å². The van der Waals surface area contributed by atoms with Gasteiger partial charge in [0.1, 0.15) is 13.2 Å². The molecule has 0 aliphatic heterocycles. The van der Waals surface area contributed by atoms with Crippen molar-refractivity contribution in [1.29, 1.82) is 0 Å². The summed E-state index contributed by atoms with van der Waals surface area (Å²) in [6, 6.07) is 0. The quantitative estimate of drug-likeness (QED) is 0.0262. The van der Waals surface area contributed by atoms with Gasteiger partial charge in [-0.15, -0.1) is 0 Å². The van der Waals surface area contributed by atoms with E-state index < -0.39 is 6.10 Å². The molecule has 0 saturated heterocycles. The summed E-state index contributed by atoms with van der Waals surface area (Å²) in [6.45, 7) is 6.45. The lowest BCUT2D eigenvalue weighted by molar-refractivity contribution is -0.167. The van der Waals surface area contributed by atoms with E-state index in [1.165, 1.54) is 96.3 Å². The van der Waals surface area contributed by atoms with E-state index in [9.17, 15) is 14.4 Å². The second-order valence-corrected chi connectivity index (χ2v) is 18.8. The molecule has 0 spiro atoms. The van der Waals surface area contributed by atoms with Crippen LogP contribution in [0.15, 0.2) is 97.2 Å². The van der Waals surface area contributed by atoms with Gasteiger partial charge in [-0.25, -0.2) is 0 Å². The Morgan fingerprint density at radius 2 is 0.580 bits per heavy atom. The van der Waals surface area contributed by atoms with Gasteiger partial charge in [-0.3, -0.25) is 14.4 Å². The van der Waals surface area contributed by atoms with Gasteiger partial charge in [-0.2, -0.15) is 0 Å². The fraction of sp³-hybridized carbons (Fsp3) is 0.698. The first-order valence-electron chi connectivity index (χ1n) is 28.7. The normalized spacial score (nSPS) is 12.8. The van der Waals surface area contributed by atoms with E-state index in [4.69, 9.17) is 14.2 Å². The molecule has 0 aromatic heterocycles. The molecule has 0 heterocycles. The molecule has 1 atom stereocenters. The molecule has 0 amide bonds. The van der Waals surface area contributed by atoms with Gasteiger partial charge in [-0.05, 0) is 116 Å². The van der Waals surface area contributed by atoms with Crippen molar-refractivity contribution in [2.24, 2.45) is 0 Å². The molecule has 0 bridgehead atoms. The van der Waals surface area contributed by atoms with Crippen molar-refractivity contribution in [3.05, 3.63) is 97.2 Å². The number of hydrogen-bond donors (Lipinski definition) is 0. The molecular formula is C63H106O6. The lowest BCUT2D eigenvalue weighted by Gasteiger charge is -2.18. The van der Waals surface area contributed by atoms with E-state index in [1.807, 2.05) is 0 Å². The maximum absolute atomic E-state index is 12.8. The van der Waals surface area contributed by atoms with E-state index in [2.05, 4.69) is 118 Å². The number of ether oxygens (including phenoxy) is 3. The Morgan fingerprint density at radius 3 is 0.942 bits per heavy atom. The number of carbonyl (C=O) groups excluding carboxylic acids is 3. The minimum atomic E-state index is -0.795. The Hall–Kier alpha value is -3.67. The molecule has 0 aliphatic carbocycles. The summed E-state index contributed by atoms with van der Waals surface area (Å²) in [7, 11) is 0. The smallest absolute Gasteiger partial charge is 0.306 e. The molecule has 69 heavy (non-hydrogen) atoms. The highest BCUT2D eigenvalue weighted by molar-refractivity contribution is 5.71. The highest BCUT2D eigenvalue weighted by atomic mass is 16.6. The van der Waals surface area contributed by atoms with Gasteiger partial charge in [0, 0.05) is 19.3 Å². The zero-order valence-corrected chi connectivity index (χ0v) is 45.0. The fourth-order valence-electron chi connectivity index (χ4n) is 7.71. The lowest BCUT2D eigenvalue weighted by atomic mass is 10.1. The summed E-state index contributed by atoms with van der Waals surface area (Å²) in [4.78, 5) is 38.1. The maximum Gasteiger partial charge on any atom is 0.306 e. The maximum atomic E-state index is 12.8. The largest absolute Gasteiger partial charge is 0.462 e. The Kier molecular flexibility index (Phi) is 53.9. The van der Waals surface area contributed by atoms with Gasteiger partial charge in [-0.1, -0.05) is 227 Å². The molecular weight excluding hydrogens is 853 g/mol. The third kappa shape index (κ3) is 55.1. The Bertz CT molecular complexity index is 1380. The van der Waals surface area contributed by atoms with Gasteiger partial charge >= 0.3 is 17.9 Å². The van der Waals surface area contributed by atoms with Crippen LogP contribution >= 0.6 is 0 Å². The highest BCUT2D eigenvalue weighted by Gasteiger charge is 2.19. The molecule has 6 nitrogen and oxygen atoms in total. The molecule has 0 aliphatic rings. The summed E-state index contributed by atoms with van der Waals surface area (Å²) < 4.78 is 16.8. The predicted octanol–water partition coefficient (Wildman–Crippen LogP) is 19.3. The van der Waals surface area contributed by atoms with Crippen LogP contribution in [0.1, 0.15) is 265 Å². The predicted molar refractivity (Wildman–Crippen MR) is 297 cm³/mol. The van der Waals surface area contributed by atoms with Crippen LogP contribution in [-0.4, -0.2) is 37.2 Å². The van der Waals surface area contributed by atoms with E-state index in [1.54, 1.807) is 0 Å². The molecule has 394 valence electrons. The number of unbranched alkanes of at least 4 members (excludes halogenated alkanes) is 24. The summed E-state index contributed by atoms with van der Waals surface area (Å²) in [5.41, 5.74) is 0. The van der Waals surface area contributed by atoms with Crippen molar-refractivity contribution in [1.82, 2.24) is 0 Å². The van der Waals surface area contributed by atoms with Crippen LogP contribution in [0.25, 0.3) is 0 Å². The Balaban J connectivity index is 4.40. The number of carbonyl (C=O) groups is 3. The fourth-order valence-corrected chi connectivity index (χ4v) is 7.71. The van der Waals surface area contributed by atoms with Gasteiger partial charge in [0.25, 0.3) is 0 Å². The van der Waals surface area contributed by atoms with Gasteiger partial charge < -0.3 is 14.2 Å². The molecule has 0 aromatic rings. The van der Waals surface area contributed by atoms with E-state index in [-0.39, 0.29) is 31.1 Å². The lowest BCUT2D eigenvalue weighted by Crippen LogP contribution is -2.30. The minimum Gasteiger partial charge on any atom is -0.462 e. The third-order valence-electron chi connectivity index (χ3n) is 12.0. The average molecular weight is 960 g/mol. The SMILES string of the molecule is CC/C=C\C/C=C\C/C=C\C/C=C\CCCCCCCCC(=O)OC(COC(=O)CCCCCCC/C=C\CCCC)COC(=O)CCCCCCCC/C=C\C/C=C\C/C=C\CCCCCCC. The van der Waals surface area contributed by atoms with Crippen molar-refractivity contribution in [3.8, 4) is 0 Å². The first-order valence-corrected chi connectivity index (χ1v) is 28.7. The van der Waals surface area contributed by atoms with Crippen molar-refractivity contribution in [2.75, 3.05) is 13.2 Å². The van der Waals surface area contributed by atoms with Crippen LogP contribution in [-0.2, 0) is 28.6 Å². The third-order valence-corrected chi connectivity index (χ3v) is 12.0. The van der Waals surface area contributed by atoms with Crippen LogP contribution < -0.4 is 0 Å². The van der Waals surface area contributed by atoms with Gasteiger partial charge in [0.15, 0.2) is 6.10 Å². The monoisotopic (exact) mass is 959 g/mol. The molecule has 0 saturated carbocycles. The van der Waals surface area contributed by atoms with Crippen molar-refractivity contribution < 1.29 is 28.6 Å². The van der Waals surface area contributed by atoms with E-state index in [0.717, 1.165) is 128 Å². The molecule has 0 fully saturated rings. The molecule has 0 rings (SSSR count). The Morgan fingerprint density at radius 1 is 0.304 bits per heavy atom.